The molecular formula is C11H15N5O3. The van der Waals surface area contributed by atoms with Gasteiger partial charge in [0.1, 0.15) is 24.5 Å². The van der Waals surface area contributed by atoms with E-state index in [2.05, 4.69) is 15.0 Å². The molecule has 3 heterocycles. The number of imidazole rings is 1. The lowest BCUT2D eigenvalue weighted by molar-refractivity contribution is -0.0438. The third-order valence-corrected chi connectivity index (χ3v) is 3.35. The van der Waals surface area contributed by atoms with E-state index in [0.29, 0.717) is 29.2 Å². The van der Waals surface area contributed by atoms with Crippen LogP contribution >= 0.6 is 0 Å². The predicted octanol–water partition coefficient (Wildman–Crippen LogP) is -0.642. The number of aliphatic hydroxyl groups excluding tert-OH is 2. The molecule has 4 N–H and O–H groups in total. The second-order valence-corrected chi connectivity index (χ2v) is 4.57. The van der Waals surface area contributed by atoms with E-state index in [1.54, 1.807) is 4.57 Å². The maximum atomic E-state index is 9.80. The number of aryl methyl sites for hydroxylation is 1. The molecule has 0 saturated carbocycles. The van der Waals surface area contributed by atoms with Gasteiger partial charge >= 0.3 is 0 Å². The maximum absolute atomic E-state index is 9.80. The second kappa shape index (κ2) is 4.41. The van der Waals surface area contributed by atoms with Gasteiger partial charge in [0.15, 0.2) is 17.0 Å². The number of fused-ring (bicyclic) bond motifs is 1. The third-order valence-electron chi connectivity index (χ3n) is 3.35. The lowest BCUT2D eigenvalue weighted by Crippen LogP contribution is -2.24. The smallest absolute Gasteiger partial charge is 0.167 e. The number of anilines is 1. The molecule has 0 amide bonds. The van der Waals surface area contributed by atoms with Crippen LogP contribution in [0.2, 0.25) is 0 Å². The summed E-state index contributed by atoms with van der Waals surface area (Å²) < 4.78 is 7.39. The molecule has 1 aliphatic rings. The van der Waals surface area contributed by atoms with Crippen LogP contribution in [0.3, 0.4) is 0 Å². The fourth-order valence-electron chi connectivity index (χ4n) is 2.42. The normalized spacial score (nSPS) is 27.2. The number of aliphatic hydroxyl groups is 2. The highest BCUT2D eigenvalue weighted by molar-refractivity contribution is 5.81. The first-order valence-electron chi connectivity index (χ1n) is 6.01. The van der Waals surface area contributed by atoms with E-state index < -0.39 is 18.4 Å². The third kappa shape index (κ3) is 1.84. The fraction of sp³-hybridized carbons (Fsp3) is 0.545. The standard InChI is InChI=1S/C11H15N5O3/c1-5-15-9-10(12)13-4-14-11(9)16(5)8-2-6(18)7(3-17)19-8/h4,6-8,17-18H,2-3H2,1H3,(H2,12,13,14). The minimum absolute atomic E-state index is 0.222. The highest BCUT2D eigenvalue weighted by atomic mass is 16.5. The molecule has 0 bridgehead atoms. The summed E-state index contributed by atoms with van der Waals surface area (Å²) in [5, 5.41) is 18.9. The molecule has 102 valence electrons. The molecule has 2 aromatic rings. The van der Waals surface area contributed by atoms with Crippen LogP contribution in [0.25, 0.3) is 11.2 Å². The van der Waals surface area contributed by atoms with Crippen LogP contribution in [0, 0.1) is 6.92 Å². The Morgan fingerprint density at radius 3 is 3.00 bits per heavy atom. The molecule has 0 aliphatic carbocycles. The highest BCUT2D eigenvalue weighted by Crippen LogP contribution is 2.32. The van der Waals surface area contributed by atoms with Crippen molar-refractivity contribution in [1.29, 1.82) is 0 Å². The van der Waals surface area contributed by atoms with E-state index in [4.69, 9.17) is 15.6 Å². The second-order valence-electron chi connectivity index (χ2n) is 4.57. The van der Waals surface area contributed by atoms with Crippen molar-refractivity contribution in [2.75, 3.05) is 12.3 Å². The average molecular weight is 265 g/mol. The summed E-state index contributed by atoms with van der Waals surface area (Å²) >= 11 is 0. The van der Waals surface area contributed by atoms with Crippen LogP contribution < -0.4 is 5.73 Å². The summed E-state index contributed by atoms with van der Waals surface area (Å²) in [7, 11) is 0. The van der Waals surface area contributed by atoms with Gasteiger partial charge in [-0.1, -0.05) is 0 Å². The van der Waals surface area contributed by atoms with Gasteiger partial charge in [0.2, 0.25) is 0 Å². The van der Waals surface area contributed by atoms with Gasteiger partial charge in [-0.05, 0) is 6.92 Å². The van der Waals surface area contributed by atoms with Crippen molar-refractivity contribution in [3.63, 3.8) is 0 Å². The van der Waals surface area contributed by atoms with Gasteiger partial charge in [-0.3, -0.25) is 4.57 Å². The molecule has 1 aliphatic heterocycles. The summed E-state index contributed by atoms with van der Waals surface area (Å²) in [5.41, 5.74) is 6.85. The molecule has 0 aromatic carbocycles. The summed E-state index contributed by atoms with van der Waals surface area (Å²) in [6.45, 7) is 1.59. The van der Waals surface area contributed by atoms with Gasteiger partial charge in [-0.25, -0.2) is 15.0 Å². The zero-order chi connectivity index (χ0) is 13.6. The van der Waals surface area contributed by atoms with Crippen molar-refractivity contribution >= 4 is 17.0 Å². The van der Waals surface area contributed by atoms with Crippen LogP contribution in [-0.2, 0) is 4.74 Å². The van der Waals surface area contributed by atoms with Crippen molar-refractivity contribution in [3.8, 4) is 0 Å². The Hall–Kier alpha value is -1.77. The first-order valence-corrected chi connectivity index (χ1v) is 6.01. The molecular weight excluding hydrogens is 250 g/mol. The number of hydrogen-bond donors (Lipinski definition) is 3. The quantitative estimate of drug-likeness (QED) is 0.660. The van der Waals surface area contributed by atoms with Gasteiger partial charge in [0.05, 0.1) is 12.7 Å². The summed E-state index contributed by atoms with van der Waals surface area (Å²) in [6.07, 6.45) is 0.0459. The highest BCUT2D eigenvalue weighted by Gasteiger charge is 2.36. The Balaban J connectivity index is 2.06. The Bertz CT molecular complexity index is 614. The first kappa shape index (κ1) is 12.3. The number of nitrogen functional groups attached to an aromatic ring is 1. The maximum Gasteiger partial charge on any atom is 0.167 e. The molecule has 3 rings (SSSR count). The van der Waals surface area contributed by atoms with Gasteiger partial charge in [-0.15, -0.1) is 0 Å². The number of aromatic nitrogens is 4. The van der Waals surface area contributed by atoms with Crippen molar-refractivity contribution in [3.05, 3.63) is 12.2 Å². The summed E-state index contributed by atoms with van der Waals surface area (Å²) in [4.78, 5) is 12.4. The average Bonchev–Trinajstić information content (AvgIpc) is 2.90. The van der Waals surface area contributed by atoms with E-state index in [1.807, 2.05) is 6.92 Å². The number of rotatable bonds is 2. The van der Waals surface area contributed by atoms with Crippen LogP contribution in [-0.4, -0.2) is 48.5 Å². The van der Waals surface area contributed by atoms with Crippen LogP contribution in [0.5, 0.6) is 0 Å². The monoisotopic (exact) mass is 265 g/mol. The predicted molar refractivity (Wildman–Crippen MR) is 66.1 cm³/mol. The van der Waals surface area contributed by atoms with E-state index in [0.717, 1.165) is 0 Å². The molecule has 3 unspecified atom stereocenters. The number of nitrogens with zero attached hydrogens (tertiary/aromatic N) is 4. The van der Waals surface area contributed by atoms with Gasteiger partial charge in [0.25, 0.3) is 0 Å². The molecule has 0 spiro atoms. The van der Waals surface area contributed by atoms with Crippen molar-refractivity contribution in [2.24, 2.45) is 0 Å². The Kier molecular flexibility index (Phi) is 2.85. The molecule has 3 atom stereocenters. The molecule has 2 aromatic heterocycles. The van der Waals surface area contributed by atoms with E-state index >= 15 is 0 Å². The Labute approximate surface area is 108 Å². The van der Waals surface area contributed by atoms with E-state index in [-0.39, 0.29) is 6.61 Å². The molecule has 8 nitrogen and oxygen atoms in total. The number of ether oxygens (including phenoxy) is 1. The molecule has 8 heteroatoms. The number of hydrogen-bond acceptors (Lipinski definition) is 7. The number of nitrogens with two attached hydrogens (primary N) is 1. The van der Waals surface area contributed by atoms with Crippen LogP contribution in [0.1, 0.15) is 18.5 Å². The first-order chi connectivity index (χ1) is 9.11. The fourth-order valence-corrected chi connectivity index (χ4v) is 2.42. The largest absolute Gasteiger partial charge is 0.394 e. The zero-order valence-corrected chi connectivity index (χ0v) is 10.4. The van der Waals surface area contributed by atoms with E-state index in [1.165, 1.54) is 6.33 Å². The zero-order valence-electron chi connectivity index (χ0n) is 10.4. The van der Waals surface area contributed by atoms with Gasteiger partial charge < -0.3 is 20.7 Å². The summed E-state index contributed by atoms with van der Waals surface area (Å²) in [5.74, 6) is 0.988. The van der Waals surface area contributed by atoms with Crippen molar-refractivity contribution in [2.45, 2.75) is 31.8 Å². The Morgan fingerprint density at radius 2 is 2.32 bits per heavy atom. The lowest BCUT2D eigenvalue weighted by Gasteiger charge is -2.15. The molecule has 1 fully saturated rings. The molecule has 19 heavy (non-hydrogen) atoms. The van der Waals surface area contributed by atoms with Crippen molar-refractivity contribution < 1.29 is 14.9 Å². The molecule has 0 radical (unpaired) electrons. The minimum atomic E-state index is -0.703. The lowest BCUT2D eigenvalue weighted by atomic mass is 10.2. The van der Waals surface area contributed by atoms with Crippen LogP contribution in [0.4, 0.5) is 5.82 Å². The van der Waals surface area contributed by atoms with E-state index in [9.17, 15) is 5.11 Å². The Morgan fingerprint density at radius 1 is 1.53 bits per heavy atom. The van der Waals surface area contributed by atoms with Gasteiger partial charge in [-0.2, -0.15) is 0 Å². The van der Waals surface area contributed by atoms with Crippen molar-refractivity contribution in [1.82, 2.24) is 19.5 Å². The minimum Gasteiger partial charge on any atom is -0.394 e. The SMILES string of the molecule is Cc1nc2c(N)ncnc2n1C1CC(O)C(CO)O1. The molecule has 1 saturated heterocycles. The topological polar surface area (TPSA) is 119 Å². The summed E-state index contributed by atoms with van der Waals surface area (Å²) in [6, 6.07) is 0. The van der Waals surface area contributed by atoms with Gasteiger partial charge in [0, 0.05) is 6.42 Å². The van der Waals surface area contributed by atoms with Crippen LogP contribution in [0.15, 0.2) is 6.33 Å².